The lowest BCUT2D eigenvalue weighted by Crippen LogP contribution is -2.33. The Bertz CT molecular complexity index is 452. The highest BCUT2D eigenvalue weighted by atomic mass is 15.2. The lowest BCUT2D eigenvalue weighted by molar-refractivity contribution is 0.346. The van der Waals surface area contributed by atoms with E-state index in [1.54, 1.807) is 0 Å². The molecule has 0 radical (unpaired) electrons. The van der Waals surface area contributed by atoms with Gasteiger partial charge in [-0.1, -0.05) is 6.92 Å². The first-order valence-corrected chi connectivity index (χ1v) is 8.23. The van der Waals surface area contributed by atoms with Crippen LogP contribution in [0.2, 0.25) is 0 Å². The van der Waals surface area contributed by atoms with Gasteiger partial charge in [0.05, 0.1) is 0 Å². The molecule has 1 fully saturated rings. The van der Waals surface area contributed by atoms with Gasteiger partial charge < -0.3 is 15.1 Å². The van der Waals surface area contributed by atoms with Gasteiger partial charge >= 0.3 is 0 Å². The maximum atomic E-state index is 4.80. The minimum atomic E-state index is 0.902. The van der Waals surface area contributed by atoms with Crippen LogP contribution in [-0.2, 0) is 6.54 Å². The number of nitrogens with one attached hydrogen (secondary N) is 1. The topological polar surface area (TPSA) is 31.4 Å². The molecule has 0 amide bonds. The number of hydrogen-bond acceptors (Lipinski definition) is 4. The Morgan fingerprint density at radius 1 is 1.29 bits per heavy atom. The molecule has 0 saturated carbocycles. The number of likely N-dealkylation sites (N-methyl/N-ethyl adjacent to an activating group) is 1. The molecule has 21 heavy (non-hydrogen) atoms. The van der Waals surface area contributed by atoms with Crippen LogP contribution in [0.5, 0.6) is 0 Å². The third-order valence-electron chi connectivity index (χ3n) is 4.32. The van der Waals surface area contributed by atoms with E-state index < -0.39 is 0 Å². The first-order chi connectivity index (χ1) is 10.1. The molecule has 0 atom stereocenters. The smallest absolute Gasteiger partial charge is 0.133 e. The molecule has 0 aromatic carbocycles. The fourth-order valence-electron chi connectivity index (χ4n) is 3.03. The van der Waals surface area contributed by atoms with Crippen LogP contribution in [0.25, 0.3) is 0 Å². The van der Waals surface area contributed by atoms with Crippen molar-refractivity contribution in [3.8, 4) is 0 Å². The van der Waals surface area contributed by atoms with E-state index in [4.69, 9.17) is 4.98 Å². The Morgan fingerprint density at radius 2 is 2.00 bits per heavy atom. The van der Waals surface area contributed by atoms with E-state index in [9.17, 15) is 0 Å². The van der Waals surface area contributed by atoms with Crippen LogP contribution >= 0.6 is 0 Å². The van der Waals surface area contributed by atoms with Crippen LogP contribution in [0, 0.1) is 13.8 Å². The molecule has 1 aromatic heterocycles. The lowest BCUT2D eigenvalue weighted by Gasteiger charge is -2.25. The number of pyridine rings is 1. The molecule has 0 aliphatic carbocycles. The fraction of sp³-hybridized carbons (Fsp3) is 0.706. The van der Waals surface area contributed by atoms with Gasteiger partial charge in [0.2, 0.25) is 0 Å². The summed E-state index contributed by atoms with van der Waals surface area (Å²) in [5.74, 6) is 1.15. The second-order valence-electron chi connectivity index (χ2n) is 6.13. The van der Waals surface area contributed by atoms with Crippen molar-refractivity contribution in [1.29, 1.82) is 0 Å². The predicted octanol–water partition coefficient (Wildman–Crippen LogP) is 2.34. The Hall–Kier alpha value is -1.13. The number of rotatable bonds is 7. The Kier molecular flexibility index (Phi) is 6.00. The Balaban J connectivity index is 2.07. The number of aromatic nitrogens is 1. The van der Waals surface area contributed by atoms with Gasteiger partial charge in [-0.3, -0.25) is 0 Å². The summed E-state index contributed by atoms with van der Waals surface area (Å²) in [5, 5.41) is 3.44. The molecular formula is C17H30N4. The van der Waals surface area contributed by atoms with E-state index in [1.807, 2.05) is 0 Å². The summed E-state index contributed by atoms with van der Waals surface area (Å²) in [4.78, 5) is 9.68. The summed E-state index contributed by atoms with van der Waals surface area (Å²) in [7, 11) is 2.17. The molecule has 118 valence electrons. The van der Waals surface area contributed by atoms with Crippen LogP contribution in [-0.4, -0.2) is 49.7 Å². The van der Waals surface area contributed by atoms with Crippen LogP contribution < -0.4 is 10.2 Å². The zero-order valence-electron chi connectivity index (χ0n) is 14.1. The molecule has 1 aliphatic heterocycles. The Labute approximate surface area is 129 Å². The summed E-state index contributed by atoms with van der Waals surface area (Å²) in [6.07, 6.45) is 2.72. The average molecular weight is 290 g/mol. The van der Waals surface area contributed by atoms with Gasteiger partial charge in [0, 0.05) is 37.9 Å². The third kappa shape index (κ3) is 4.42. The van der Waals surface area contributed by atoms with Gasteiger partial charge in [0.25, 0.3) is 0 Å². The molecular weight excluding hydrogens is 260 g/mol. The van der Waals surface area contributed by atoms with Gasteiger partial charge in [-0.05, 0) is 58.0 Å². The van der Waals surface area contributed by atoms with Crippen molar-refractivity contribution in [2.75, 3.05) is 44.7 Å². The second-order valence-corrected chi connectivity index (χ2v) is 6.13. The largest absolute Gasteiger partial charge is 0.358 e. The molecule has 4 nitrogen and oxygen atoms in total. The molecule has 1 aromatic rings. The molecule has 1 saturated heterocycles. The fourth-order valence-corrected chi connectivity index (χ4v) is 3.03. The van der Waals surface area contributed by atoms with Gasteiger partial charge in [0.1, 0.15) is 5.82 Å². The van der Waals surface area contributed by atoms with Crippen LogP contribution in [0.1, 0.15) is 36.6 Å². The minimum Gasteiger partial charge on any atom is -0.358 e. The average Bonchev–Trinajstić information content (AvgIpc) is 2.96. The van der Waals surface area contributed by atoms with Crippen molar-refractivity contribution in [2.45, 2.75) is 40.2 Å². The zero-order valence-corrected chi connectivity index (χ0v) is 14.1. The number of aryl methyl sites for hydroxylation is 2. The summed E-state index contributed by atoms with van der Waals surface area (Å²) >= 11 is 0. The van der Waals surface area contributed by atoms with Gasteiger partial charge in [0.15, 0.2) is 0 Å². The summed E-state index contributed by atoms with van der Waals surface area (Å²) in [6, 6.07) is 2.19. The van der Waals surface area contributed by atoms with Crippen molar-refractivity contribution in [3.05, 3.63) is 22.9 Å². The van der Waals surface area contributed by atoms with E-state index in [0.717, 1.165) is 37.7 Å². The van der Waals surface area contributed by atoms with Crippen molar-refractivity contribution >= 4 is 5.82 Å². The van der Waals surface area contributed by atoms with Gasteiger partial charge in [-0.2, -0.15) is 0 Å². The summed E-state index contributed by atoms with van der Waals surface area (Å²) < 4.78 is 0. The zero-order chi connectivity index (χ0) is 15.2. The van der Waals surface area contributed by atoms with Crippen LogP contribution in [0.4, 0.5) is 5.82 Å². The molecule has 4 heteroatoms. The van der Waals surface area contributed by atoms with E-state index in [-0.39, 0.29) is 0 Å². The molecule has 2 heterocycles. The standard InChI is InChI=1S/C17H30N4/c1-5-18-13-16-14(2)12-15(3)19-17(16)20(4)10-11-21-8-6-7-9-21/h12,18H,5-11,13H2,1-4H3. The van der Waals surface area contributed by atoms with Crippen molar-refractivity contribution in [2.24, 2.45) is 0 Å². The molecule has 1 aliphatic rings. The van der Waals surface area contributed by atoms with Crippen molar-refractivity contribution in [1.82, 2.24) is 15.2 Å². The Morgan fingerprint density at radius 3 is 2.67 bits per heavy atom. The highest BCUT2D eigenvalue weighted by Gasteiger charge is 2.15. The normalized spacial score (nSPS) is 15.6. The molecule has 0 spiro atoms. The second kappa shape index (κ2) is 7.76. The number of likely N-dealkylation sites (tertiary alicyclic amines) is 1. The van der Waals surface area contributed by atoms with Gasteiger partial charge in [-0.15, -0.1) is 0 Å². The first kappa shape index (κ1) is 16.2. The minimum absolute atomic E-state index is 0.902. The monoisotopic (exact) mass is 290 g/mol. The van der Waals surface area contributed by atoms with Crippen LogP contribution in [0.15, 0.2) is 6.07 Å². The number of nitrogens with zero attached hydrogens (tertiary/aromatic N) is 3. The molecule has 0 unspecified atom stereocenters. The molecule has 2 rings (SSSR count). The third-order valence-corrected chi connectivity index (χ3v) is 4.32. The summed E-state index contributed by atoms with van der Waals surface area (Å²) in [5.41, 5.74) is 3.79. The maximum absolute atomic E-state index is 4.80. The van der Waals surface area contributed by atoms with Crippen LogP contribution in [0.3, 0.4) is 0 Å². The highest BCUT2D eigenvalue weighted by molar-refractivity contribution is 5.51. The number of hydrogen-bond donors (Lipinski definition) is 1. The van der Waals surface area contributed by atoms with Crippen molar-refractivity contribution < 1.29 is 0 Å². The van der Waals surface area contributed by atoms with Crippen molar-refractivity contribution in [3.63, 3.8) is 0 Å². The first-order valence-electron chi connectivity index (χ1n) is 8.23. The van der Waals surface area contributed by atoms with E-state index >= 15 is 0 Å². The number of anilines is 1. The quantitative estimate of drug-likeness (QED) is 0.835. The molecule has 0 bridgehead atoms. The predicted molar refractivity (Wildman–Crippen MR) is 90.0 cm³/mol. The lowest BCUT2D eigenvalue weighted by atomic mass is 10.1. The SMILES string of the molecule is CCNCc1c(C)cc(C)nc1N(C)CCN1CCCC1. The highest BCUT2D eigenvalue weighted by Crippen LogP contribution is 2.22. The van der Waals surface area contributed by atoms with E-state index in [0.29, 0.717) is 0 Å². The molecule has 1 N–H and O–H groups in total. The van der Waals surface area contributed by atoms with Gasteiger partial charge in [-0.25, -0.2) is 4.98 Å². The van der Waals surface area contributed by atoms with E-state index in [2.05, 4.69) is 49.0 Å². The summed E-state index contributed by atoms with van der Waals surface area (Å²) in [6.45, 7) is 13.0. The van der Waals surface area contributed by atoms with E-state index in [1.165, 1.54) is 37.1 Å². The maximum Gasteiger partial charge on any atom is 0.133 e.